The van der Waals surface area contributed by atoms with Crippen LogP contribution in [0.25, 0.3) is 0 Å². The summed E-state index contributed by atoms with van der Waals surface area (Å²) in [6.07, 6.45) is 7.44. The molecule has 0 heterocycles. The Hall–Kier alpha value is -1.42. The summed E-state index contributed by atoms with van der Waals surface area (Å²) < 4.78 is 0. The molecule has 0 saturated heterocycles. The van der Waals surface area contributed by atoms with E-state index < -0.39 is 0 Å². The summed E-state index contributed by atoms with van der Waals surface area (Å²) in [7, 11) is 0. The van der Waals surface area contributed by atoms with Crippen molar-refractivity contribution in [1.29, 1.82) is 0 Å². The monoisotopic (exact) mass is 173 g/mol. The Bertz CT molecular complexity index is 320. The second-order valence-electron chi connectivity index (χ2n) is 3.12. The number of aryl methyl sites for hydroxylation is 1. The number of anilines is 1. The van der Waals surface area contributed by atoms with E-state index in [1.54, 1.807) is 0 Å². The maximum atomic E-state index is 5.21. The van der Waals surface area contributed by atoms with E-state index in [0.29, 0.717) is 0 Å². The van der Waals surface area contributed by atoms with Crippen LogP contribution in [0.3, 0.4) is 0 Å². The number of benzene rings is 1. The van der Waals surface area contributed by atoms with Gasteiger partial charge in [-0.15, -0.1) is 0 Å². The molecule has 0 aliphatic rings. The van der Waals surface area contributed by atoms with Gasteiger partial charge in [-0.2, -0.15) is 0 Å². The van der Waals surface area contributed by atoms with Gasteiger partial charge >= 0.3 is 0 Å². The molecule has 0 aliphatic heterocycles. The molecule has 0 bridgehead atoms. The Morgan fingerprint density at radius 3 is 2.85 bits per heavy atom. The van der Waals surface area contributed by atoms with E-state index in [2.05, 4.69) is 31.3 Å². The van der Waals surface area contributed by atoms with Crippen molar-refractivity contribution in [3.63, 3.8) is 0 Å². The van der Waals surface area contributed by atoms with Crippen LogP contribution in [-0.4, -0.2) is 0 Å². The van der Waals surface area contributed by atoms with E-state index in [1.807, 2.05) is 12.1 Å². The summed E-state index contributed by atoms with van der Waals surface area (Å²) in [5, 5.41) is 2.93. The van der Waals surface area contributed by atoms with Crippen molar-refractivity contribution >= 4 is 5.69 Å². The second kappa shape index (κ2) is 4.57. The first-order valence-electron chi connectivity index (χ1n) is 4.59. The quantitative estimate of drug-likeness (QED) is 0.547. The summed E-state index contributed by atoms with van der Waals surface area (Å²) in [5.41, 5.74) is 3.72. The molecule has 1 aromatic rings. The van der Waals surface area contributed by atoms with Crippen molar-refractivity contribution in [2.75, 3.05) is 5.32 Å². The van der Waals surface area contributed by atoms with Crippen molar-refractivity contribution in [3.8, 4) is 12.5 Å². The highest BCUT2D eigenvalue weighted by Gasteiger charge is 2.02. The van der Waals surface area contributed by atoms with Gasteiger partial charge in [0.05, 0.1) is 0 Å². The molecule has 1 heteroatoms. The zero-order valence-corrected chi connectivity index (χ0v) is 8.22. The van der Waals surface area contributed by atoms with Gasteiger partial charge in [0.25, 0.3) is 0 Å². The zero-order chi connectivity index (χ0) is 9.68. The Morgan fingerprint density at radius 2 is 2.23 bits per heavy atom. The topological polar surface area (TPSA) is 12.0 Å². The van der Waals surface area contributed by atoms with Crippen molar-refractivity contribution in [3.05, 3.63) is 29.3 Å². The van der Waals surface area contributed by atoms with Crippen molar-refractivity contribution in [2.45, 2.75) is 26.7 Å². The fraction of sp³-hybridized carbons (Fsp3) is 0.333. The number of nitrogens with one attached hydrogen (secondary N) is 1. The molecule has 0 radical (unpaired) electrons. The van der Waals surface area contributed by atoms with E-state index in [1.165, 1.54) is 11.1 Å². The average molecular weight is 173 g/mol. The predicted molar refractivity (Wildman–Crippen MR) is 57.6 cm³/mol. The normalized spacial score (nSPS) is 9.31. The third kappa shape index (κ3) is 2.26. The molecular formula is C12H15N. The van der Waals surface area contributed by atoms with Crippen molar-refractivity contribution in [2.24, 2.45) is 0 Å². The van der Waals surface area contributed by atoms with Gasteiger partial charge in [-0.25, -0.2) is 0 Å². The summed E-state index contributed by atoms with van der Waals surface area (Å²) in [6.45, 7) is 4.29. The highest BCUT2D eigenvalue weighted by Crippen LogP contribution is 2.20. The molecule has 1 nitrogen and oxygen atoms in total. The lowest BCUT2D eigenvalue weighted by Gasteiger charge is -2.09. The lowest BCUT2D eigenvalue weighted by atomic mass is 10.0. The molecular weight excluding hydrogens is 158 g/mol. The van der Waals surface area contributed by atoms with Crippen LogP contribution in [0.4, 0.5) is 5.69 Å². The molecule has 13 heavy (non-hydrogen) atoms. The van der Waals surface area contributed by atoms with Gasteiger partial charge < -0.3 is 5.32 Å². The standard InChI is InChI=1S/C12H15N/c1-4-7-11-10(3)8-6-9-12(11)13-5-2/h2,6,8-9,13H,4,7H2,1,3H3. The summed E-state index contributed by atoms with van der Waals surface area (Å²) in [4.78, 5) is 0. The minimum atomic E-state index is 1.07. The predicted octanol–water partition coefficient (Wildman–Crippen LogP) is 2.95. The first-order chi connectivity index (χ1) is 6.29. The first-order valence-corrected chi connectivity index (χ1v) is 4.59. The largest absolute Gasteiger partial charge is 0.315 e. The average Bonchev–Trinajstić information content (AvgIpc) is 2.11. The fourth-order valence-corrected chi connectivity index (χ4v) is 1.48. The van der Waals surface area contributed by atoms with Crippen LogP contribution in [0, 0.1) is 19.4 Å². The fourth-order valence-electron chi connectivity index (χ4n) is 1.48. The number of hydrogen-bond acceptors (Lipinski definition) is 1. The van der Waals surface area contributed by atoms with Gasteiger partial charge in [0.2, 0.25) is 0 Å². The van der Waals surface area contributed by atoms with Crippen molar-refractivity contribution < 1.29 is 0 Å². The van der Waals surface area contributed by atoms with Gasteiger partial charge in [-0.3, -0.25) is 0 Å². The molecule has 0 saturated carbocycles. The Labute approximate surface area is 80.2 Å². The van der Waals surface area contributed by atoms with Crippen LogP contribution in [0.5, 0.6) is 0 Å². The molecule has 0 unspecified atom stereocenters. The Kier molecular flexibility index (Phi) is 3.40. The first kappa shape index (κ1) is 9.67. The second-order valence-corrected chi connectivity index (χ2v) is 3.12. The van der Waals surface area contributed by atoms with Crippen molar-refractivity contribution in [1.82, 2.24) is 0 Å². The third-order valence-corrected chi connectivity index (χ3v) is 2.12. The highest BCUT2D eigenvalue weighted by molar-refractivity contribution is 5.57. The molecule has 1 N–H and O–H groups in total. The molecule has 68 valence electrons. The summed E-state index contributed by atoms with van der Waals surface area (Å²) in [5.74, 6) is 0. The molecule has 0 spiro atoms. The smallest absolute Gasteiger partial charge is 0.0493 e. The van der Waals surface area contributed by atoms with Gasteiger partial charge in [-0.1, -0.05) is 31.9 Å². The molecule has 0 amide bonds. The maximum Gasteiger partial charge on any atom is 0.0493 e. The number of hydrogen-bond donors (Lipinski definition) is 1. The molecule has 1 aromatic carbocycles. The summed E-state index contributed by atoms with van der Waals surface area (Å²) >= 11 is 0. The SMILES string of the molecule is C#CNc1cccc(C)c1CCC. The van der Waals surface area contributed by atoms with Crippen LogP contribution in [0.1, 0.15) is 24.5 Å². The lowest BCUT2D eigenvalue weighted by molar-refractivity contribution is 0.915. The number of terminal acetylenes is 1. The van der Waals surface area contributed by atoms with Crippen LogP contribution in [-0.2, 0) is 6.42 Å². The molecule has 0 aliphatic carbocycles. The van der Waals surface area contributed by atoms with Crippen LogP contribution in [0.2, 0.25) is 0 Å². The molecule has 0 fully saturated rings. The van der Waals surface area contributed by atoms with Gasteiger partial charge in [-0.05, 0) is 30.5 Å². The minimum Gasteiger partial charge on any atom is -0.315 e. The lowest BCUT2D eigenvalue weighted by Crippen LogP contribution is -1.97. The Morgan fingerprint density at radius 1 is 1.46 bits per heavy atom. The third-order valence-electron chi connectivity index (χ3n) is 2.12. The molecule has 1 rings (SSSR count). The highest BCUT2D eigenvalue weighted by atomic mass is 14.8. The van der Waals surface area contributed by atoms with Gasteiger partial charge in [0.1, 0.15) is 0 Å². The van der Waals surface area contributed by atoms with Crippen LogP contribution in [0.15, 0.2) is 18.2 Å². The van der Waals surface area contributed by atoms with Gasteiger partial charge in [0, 0.05) is 11.7 Å². The Balaban J connectivity index is 3.03. The maximum absolute atomic E-state index is 5.21. The van der Waals surface area contributed by atoms with Crippen LogP contribution >= 0.6 is 0 Å². The number of rotatable bonds is 3. The van der Waals surface area contributed by atoms with E-state index >= 15 is 0 Å². The summed E-state index contributed by atoms with van der Waals surface area (Å²) in [6, 6.07) is 8.63. The zero-order valence-electron chi connectivity index (χ0n) is 8.22. The van der Waals surface area contributed by atoms with E-state index in [-0.39, 0.29) is 0 Å². The van der Waals surface area contributed by atoms with E-state index in [4.69, 9.17) is 6.42 Å². The minimum absolute atomic E-state index is 1.07. The van der Waals surface area contributed by atoms with Crippen LogP contribution < -0.4 is 5.32 Å². The van der Waals surface area contributed by atoms with E-state index in [0.717, 1.165) is 18.5 Å². The molecule has 0 aromatic heterocycles. The van der Waals surface area contributed by atoms with E-state index in [9.17, 15) is 0 Å². The molecule has 0 atom stereocenters. The van der Waals surface area contributed by atoms with Gasteiger partial charge in [0.15, 0.2) is 0 Å².